The van der Waals surface area contributed by atoms with Gasteiger partial charge in [0, 0.05) is 50.6 Å². The molecule has 3 N–H and O–H groups in total. The van der Waals surface area contributed by atoms with Gasteiger partial charge in [-0.15, -0.1) is 0 Å². The van der Waals surface area contributed by atoms with Gasteiger partial charge >= 0.3 is 12.2 Å². The number of pyridine rings is 1. The maximum absolute atomic E-state index is 16.9. The number of ether oxygens (including phenoxy) is 3. The minimum Gasteiger partial charge on any atom is -0.491 e. The number of halogens is 5. The van der Waals surface area contributed by atoms with Crippen molar-refractivity contribution >= 4 is 34.1 Å². The number of anilines is 2. The number of nitrogens with two attached hydrogens (primary N) is 1. The standard InChI is InChI=1S/C31H38ClF4N7O3/c1-17-14-19(37)39-25(22(17)31(34,35)36)20-23(32)27-21-26(24(20)33)40-29(41-28(21)43(8-7-38-3)18(2)4-11-45-27)46-16-30(5-6-30)15-42-9-12-44-13-10-42/h14,18,38H,4-13,15-16H2,1-3H3,(H2,37,39)/t18-/m1/s1. The van der Waals surface area contributed by atoms with Crippen LogP contribution in [0.5, 0.6) is 11.8 Å². The third-order valence-corrected chi connectivity index (χ3v) is 9.38. The van der Waals surface area contributed by atoms with E-state index in [0.29, 0.717) is 45.1 Å². The van der Waals surface area contributed by atoms with Gasteiger partial charge in [-0.1, -0.05) is 11.6 Å². The van der Waals surface area contributed by atoms with Crippen molar-refractivity contribution in [1.82, 2.24) is 25.2 Å². The number of aryl methyl sites for hydroxylation is 1. The number of nitrogen functional groups attached to an aromatic ring is 1. The van der Waals surface area contributed by atoms with E-state index in [2.05, 4.69) is 20.2 Å². The van der Waals surface area contributed by atoms with Crippen LogP contribution in [-0.2, 0) is 10.9 Å². The molecule has 4 heterocycles. The van der Waals surface area contributed by atoms with Gasteiger partial charge in [0.15, 0.2) is 11.6 Å². The maximum atomic E-state index is 16.9. The first kappa shape index (κ1) is 32.7. The highest BCUT2D eigenvalue weighted by molar-refractivity contribution is 6.36. The van der Waals surface area contributed by atoms with Crippen LogP contribution in [0.15, 0.2) is 6.07 Å². The number of aromatic nitrogens is 3. The number of hydrogen-bond acceptors (Lipinski definition) is 10. The lowest BCUT2D eigenvalue weighted by molar-refractivity contribution is -0.137. The molecule has 1 saturated heterocycles. The molecule has 2 aromatic heterocycles. The third kappa shape index (κ3) is 6.36. The van der Waals surface area contributed by atoms with E-state index in [9.17, 15) is 13.2 Å². The summed E-state index contributed by atoms with van der Waals surface area (Å²) in [6.45, 7) is 8.68. The molecule has 46 heavy (non-hydrogen) atoms. The predicted octanol–water partition coefficient (Wildman–Crippen LogP) is 5.08. The molecule has 0 amide bonds. The number of hydrogen-bond donors (Lipinski definition) is 2. The first-order chi connectivity index (χ1) is 21.9. The lowest BCUT2D eigenvalue weighted by Gasteiger charge is -2.34. The molecular formula is C31H38ClF4N7O3. The third-order valence-electron chi connectivity index (χ3n) is 9.02. The molecule has 1 saturated carbocycles. The Morgan fingerprint density at radius 3 is 2.59 bits per heavy atom. The second-order valence-electron chi connectivity index (χ2n) is 12.4. The highest BCUT2D eigenvalue weighted by Crippen LogP contribution is 2.51. The number of likely N-dealkylation sites (N-methyl/N-ethyl adjacent to an activating group) is 1. The monoisotopic (exact) mass is 667 g/mol. The second kappa shape index (κ2) is 12.8. The Kier molecular flexibility index (Phi) is 9.09. The molecule has 2 aliphatic heterocycles. The molecule has 0 unspecified atom stereocenters. The Morgan fingerprint density at radius 1 is 1.17 bits per heavy atom. The molecule has 2 fully saturated rings. The lowest BCUT2D eigenvalue weighted by atomic mass is 9.98. The van der Waals surface area contributed by atoms with Gasteiger partial charge in [-0.2, -0.15) is 23.1 Å². The first-order valence-corrected chi connectivity index (χ1v) is 15.8. The summed E-state index contributed by atoms with van der Waals surface area (Å²) in [5.74, 6) is -0.998. The van der Waals surface area contributed by atoms with E-state index in [1.165, 1.54) is 6.92 Å². The van der Waals surface area contributed by atoms with Crippen LogP contribution in [0.2, 0.25) is 5.02 Å². The van der Waals surface area contributed by atoms with Gasteiger partial charge in [0.1, 0.15) is 17.2 Å². The van der Waals surface area contributed by atoms with E-state index in [4.69, 9.17) is 36.5 Å². The topological polar surface area (TPSA) is 111 Å². The SMILES string of the molecule is CNCCN1c2nc(OCC3(CN4CCOCC4)CC3)nc3c(F)c(-c4nc(N)cc(C)c4C(F)(F)F)c(Cl)c(c23)OCC[C@H]1C. The largest absolute Gasteiger partial charge is 0.491 e. The van der Waals surface area contributed by atoms with E-state index in [1.807, 2.05) is 18.9 Å². The molecule has 250 valence electrons. The minimum absolute atomic E-state index is 0.0167. The predicted molar refractivity (Wildman–Crippen MR) is 167 cm³/mol. The number of morpholine rings is 1. The average molecular weight is 668 g/mol. The Bertz CT molecular complexity index is 1620. The first-order valence-electron chi connectivity index (χ1n) is 15.5. The minimum atomic E-state index is -4.87. The van der Waals surface area contributed by atoms with Crippen molar-refractivity contribution in [3.63, 3.8) is 0 Å². The molecule has 0 bridgehead atoms. The van der Waals surface area contributed by atoms with Crippen molar-refractivity contribution in [3.8, 4) is 23.0 Å². The molecule has 1 aromatic carbocycles. The normalized spacial score (nSPS) is 19.9. The molecular weight excluding hydrogens is 630 g/mol. The van der Waals surface area contributed by atoms with Crippen molar-refractivity contribution in [3.05, 3.63) is 28.0 Å². The Labute approximate surface area is 269 Å². The quantitative estimate of drug-likeness (QED) is 0.300. The zero-order valence-electron chi connectivity index (χ0n) is 26.1. The summed E-state index contributed by atoms with van der Waals surface area (Å²) < 4.78 is 77.8. The van der Waals surface area contributed by atoms with Crippen molar-refractivity contribution in [2.75, 3.05) is 76.8 Å². The zero-order valence-corrected chi connectivity index (χ0v) is 26.8. The number of rotatable bonds is 9. The Hall–Kier alpha value is -3.20. The van der Waals surface area contributed by atoms with Crippen LogP contribution in [0.3, 0.4) is 0 Å². The van der Waals surface area contributed by atoms with Crippen LogP contribution in [0.1, 0.15) is 37.3 Å². The molecule has 15 heteroatoms. The molecule has 6 rings (SSSR count). The Balaban J connectivity index is 1.52. The smallest absolute Gasteiger partial charge is 0.418 e. The summed E-state index contributed by atoms with van der Waals surface area (Å²) in [6.07, 6.45) is -2.41. The fraction of sp³-hybridized carbons (Fsp3) is 0.581. The van der Waals surface area contributed by atoms with E-state index in [-0.39, 0.29) is 57.1 Å². The van der Waals surface area contributed by atoms with Crippen molar-refractivity contribution in [1.29, 1.82) is 0 Å². The van der Waals surface area contributed by atoms with Gasteiger partial charge in [0.05, 0.1) is 53.7 Å². The van der Waals surface area contributed by atoms with E-state index >= 15 is 4.39 Å². The lowest BCUT2D eigenvalue weighted by Crippen LogP contribution is -2.41. The van der Waals surface area contributed by atoms with Crippen LogP contribution in [0.25, 0.3) is 22.2 Å². The van der Waals surface area contributed by atoms with Crippen molar-refractivity contribution in [2.24, 2.45) is 5.41 Å². The average Bonchev–Trinajstić information content (AvgIpc) is 3.76. The molecule has 1 atom stereocenters. The summed E-state index contributed by atoms with van der Waals surface area (Å²) in [4.78, 5) is 17.5. The van der Waals surface area contributed by atoms with E-state index < -0.39 is 28.8 Å². The van der Waals surface area contributed by atoms with Gasteiger partial charge in [0.25, 0.3) is 0 Å². The fourth-order valence-corrected chi connectivity index (χ4v) is 6.64. The Morgan fingerprint density at radius 2 is 1.91 bits per heavy atom. The highest BCUT2D eigenvalue weighted by atomic mass is 35.5. The van der Waals surface area contributed by atoms with Gasteiger partial charge in [-0.3, -0.25) is 4.90 Å². The summed E-state index contributed by atoms with van der Waals surface area (Å²) in [6, 6.07) is 0.927. The van der Waals surface area contributed by atoms with Crippen LogP contribution in [-0.4, -0.2) is 92.1 Å². The highest BCUT2D eigenvalue weighted by Gasteiger charge is 2.45. The number of alkyl halides is 3. The molecule has 0 spiro atoms. The number of nitrogens with one attached hydrogen (secondary N) is 1. The molecule has 1 aliphatic carbocycles. The van der Waals surface area contributed by atoms with Crippen LogP contribution >= 0.6 is 11.6 Å². The molecule has 3 aromatic rings. The summed E-state index contributed by atoms with van der Waals surface area (Å²) in [5.41, 5.74) is 2.83. The summed E-state index contributed by atoms with van der Waals surface area (Å²) >= 11 is 6.79. The maximum Gasteiger partial charge on any atom is 0.418 e. The molecule has 0 radical (unpaired) electrons. The van der Waals surface area contributed by atoms with Crippen LogP contribution < -0.4 is 25.4 Å². The van der Waals surface area contributed by atoms with Crippen LogP contribution in [0.4, 0.5) is 29.2 Å². The van der Waals surface area contributed by atoms with Gasteiger partial charge in [-0.05, 0) is 45.4 Å². The number of nitrogens with zero attached hydrogens (tertiary/aromatic N) is 5. The van der Waals surface area contributed by atoms with Gasteiger partial charge in [-0.25, -0.2) is 9.37 Å². The summed E-state index contributed by atoms with van der Waals surface area (Å²) in [5, 5.41) is 2.92. The molecule has 3 aliphatic rings. The van der Waals surface area contributed by atoms with Crippen molar-refractivity contribution in [2.45, 2.75) is 45.3 Å². The van der Waals surface area contributed by atoms with E-state index in [0.717, 1.165) is 38.5 Å². The molecule has 10 nitrogen and oxygen atoms in total. The summed E-state index contributed by atoms with van der Waals surface area (Å²) in [7, 11) is 1.82. The fourth-order valence-electron chi connectivity index (χ4n) is 6.32. The van der Waals surface area contributed by atoms with Gasteiger partial charge in [0.2, 0.25) is 0 Å². The second-order valence-corrected chi connectivity index (χ2v) is 12.8. The number of benzene rings is 1. The van der Waals surface area contributed by atoms with Gasteiger partial charge < -0.3 is 30.2 Å². The van der Waals surface area contributed by atoms with Crippen molar-refractivity contribution < 1.29 is 31.8 Å². The zero-order chi connectivity index (χ0) is 32.8. The van der Waals surface area contributed by atoms with Crippen LogP contribution in [0, 0.1) is 18.2 Å². The van der Waals surface area contributed by atoms with E-state index in [1.54, 1.807) is 0 Å².